The number of nitrogens with zero attached hydrogens (tertiary/aromatic N) is 1. The highest BCUT2D eigenvalue weighted by molar-refractivity contribution is 5.86. The molecule has 198 valence electrons. The summed E-state index contributed by atoms with van der Waals surface area (Å²) < 4.78 is 10.3. The SMILES string of the molecule is C=CC(=O)OCCCc1ccc(N(c2ccc(CCCOC(=O)C(=C)C)cc2)c2ccc(C)c(C)c2)cc1. The summed E-state index contributed by atoms with van der Waals surface area (Å²) in [4.78, 5) is 25.0. The lowest BCUT2D eigenvalue weighted by Crippen LogP contribution is -2.11. The van der Waals surface area contributed by atoms with Crippen LogP contribution in [0.15, 0.2) is 91.5 Å². The first kappa shape index (κ1) is 28.5. The first-order valence-electron chi connectivity index (χ1n) is 13.0. The fraction of sp³-hybridized carbons (Fsp3) is 0.273. The highest BCUT2D eigenvalue weighted by atomic mass is 16.5. The number of aryl methyl sites for hydroxylation is 4. The summed E-state index contributed by atoms with van der Waals surface area (Å²) in [5, 5.41) is 0. The Bertz CT molecular complexity index is 1260. The Hall–Kier alpha value is -4.12. The van der Waals surface area contributed by atoms with Crippen LogP contribution in [0.4, 0.5) is 17.1 Å². The van der Waals surface area contributed by atoms with E-state index in [1.54, 1.807) is 6.92 Å². The molecule has 0 aliphatic carbocycles. The van der Waals surface area contributed by atoms with E-state index >= 15 is 0 Å². The zero-order valence-corrected chi connectivity index (χ0v) is 22.7. The molecule has 0 bridgehead atoms. The number of ether oxygens (including phenoxy) is 2. The minimum atomic E-state index is -0.387. The molecule has 0 unspecified atom stereocenters. The third-order valence-electron chi connectivity index (χ3n) is 6.35. The second-order valence-corrected chi connectivity index (χ2v) is 9.43. The molecule has 3 aromatic carbocycles. The van der Waals surface area contributed by atoms with Gasteiger partial charge in [-0.2, -0.15) is 0 Å². The molecule has 0 heterocycles. The first-order valence-corrected chi connectivity index (χ1v) is 13.0. The van der Waals surface area contributed by atoms with Crippen molar-refractivity contribution in [3.63, 3.8) is 0 Å². The molecule has 0 saturated carbocycles. The third-order valence-corrected chi connectivity index (χ3v) is 6.35. The Morgan fingerprint density at radius 2 is 1.26 bits per heavy atom. The second-order valence-electron chi connectivity index (χ2n) is 9.43. The molecule has 0 radical (unpaired) electrons. The van der Waals surface area contributed by atoms with E-state index in [9.17, 15) is 9.59 Å². The average Bonchev–Trinajstić information content (AvgIpc) is 2.92. The van der Waals surface area contributed by atoms with E-state index in [-0.39, 0.29) is 11.9 Å². The van der Waals surface area contributed by atoms with Crippen molar-refractivity contribution >= 4 is 29.0 Å². The lowest BCUT2D eigenvalue weighted by molar-refractivity contribution is -0.139. The lowest BCUT2D eigenvalue weighted by Gasteiger charge is -2.26. The van der Waals surface area contributed by atoms with Gasteiger partial charge >= 0.3 is 11.9 Å². The molecule has 0 aliphatic rings. The maximum Gasteiger partial charge on any atom is 0.333 e. The van der Waals surface area contributed by atoms with Gasteiger partial charge in [-0.3, -0.25) is 0 Å². The largest absolute Gasteiger partial charge is 0.463 e. The van der Waals surface area contributed by atoms with Gasteiger partial charge in [0.25, 0.3) is 0 Å². The number of esters is 2. The highest BCUT2D eigenvalue weighted by Crippen LogP contribution is 2.35. The van der Waals surface area contributed by atoms with Gasteiger partial charge in [-0.1, -0.05) is 43.5 Å². The molecule has 0 atom stereocenters. The monoisotopic (exact) mass is 511 g/mol. The number of hydrogen-bond acceptors (Lipinski definition) is 5. The van der Waals surface area contributed by atoms with Crippen LogP contribution in [0.2, 0.25) is 0 Å². The number of hydrogen-bond donors (Lipinski definition) is 0. The Morgan fingerprint density at radius 3 is 1.74 bits per heavy atom. The molecule has 0 spiro atoms. The third kappa shape index (κ3) is 8.20. The van der Waals surface area contributed by atoms with E-state index in [1.807, 2.05) is 0 Å². The zero-order chi connectivity index (χ0) is 27.5. The van der Waals surface area contributed by atoms with Crippen molar-refractivity contribution in [1.29, 1.82) is 0 Å². The van der Waals surface area contributed by atoms with Gasteiger partial charge in [-0.15, -0.1) is 0 Å². The van der Waals surface area contributed by atoms with Crippen molar-refractivity contribution < 1.29 is 19.1 Å². The summed E-state index contributed by atoms with van der Waals surface area (Å²) in [6, 6.07) is 23.5. The number of benzene rings is 3. The van der Waals surface area contributed by atoms with Crippen LogP contribution in [-0.4, -0.2) is 25.2 Å². The summed E-state index contributed by atoms with van der Waals surface area (Å²) in [6.45, 7) is 13.7. The Balaban J connectivity index is 1.74. The van der Waals surface area contributed by atoms with Gasteiger partial charge in [-0.05, 0) is 105 Å². The van der Waals surface area contributed by atoms with Crippen LogP contribution in [0, 0.1) is 13.8 Å². The minimum absolute atomic E-state index is 0.341. The molecule has 0 amide bonds. The molecule has 3 rings (SSSR count). The van der Waals surface area contributed by atoms with E-state index in [2.05, 4.69) is 98.6 Å². The van der Waals surface area contributed by atoms with Crippen molar-refractivity contribution in [1.82, 2.24) is 0 Å². The molecule has 38 heavy (non-hydrogen) atoms. The van der Waals surface area contributed by atoms with Crippen molar-refractivity contribution in [3.8, 4) is 0 Å². The van der Waals surface area contributed by atoms with Crippen LogP contribution < -0.4 is 4.90 Å². The molecule has 0 N–H and O–H groups in total. The minimum Gasteiger partial charge on any atom is -0.463 e. The van der Waals surface area contributed by atoms with E-state index in [0.717, 1.165) is 42.7 Å². The summed E-state index contributed by atoms with van der Waals surface area (Å²) >= 11 is 0. The fourth-order valence-corrected chi connectivity index (χ4v) is 4.01. The van der Waals surface area contributed by atoms with Crippen LogP contribution in [0.1, 0.15) is 42.0 Å². The molecular formula is C33H37NO4. The van der Waals surface area contributed by atoms with Crippen molar-refractivity contribution in [2.75, 3.05) is 18.1 Å². The normalized spacial score (nSPS) is 10.5. The van der Waals surface area contributed by atoms with Gasteiger partial charge in [0, 0.05) is 28.7 Å². The predicted molar refractivity (Wildman–Crippen MR) is 154 cm³/mol. The summed E-state index contributed by atoms with van der Waals surface area (Å²) in [5.74, 6) is -0.729. The van der Waals surface area contributed by atoms with E-state index in [4.69, 9.17) is 9.47 Å². The first-order chi connectivity index (χ1) is 18.3. The average molecular weight is 512 g/mol. The van der Waals surface area contributed by atoms with Crippen molar-refractivity contribution in [2.45, 2.75) is 46.5 Å². The van der Waals surface area contributed by atoms with Gasteiger partial charge in [-0.25, -0.2) is 9.59 Å². The topological polar surface area (TPSA) is 55.8 Å². The van der Waals surface area contributed by atoms with Crippen LogP contribution in [-0.2, 0) is 31.9 Å². The molecule has 3 aromatic rings. The maximum absolute atomic E-state index is 11.6. The molecule has 5 heteroatoms. The van der Waals surface area contributed by atoms with Crippen LogP contribution in [0.5, 0.6) is 0 Å². The molecule has 0 aliphatic heterocycles. The van der Waals surface area contributed by atoms with E-state index in [0.29, 0.717) is 18.8 Å². The quantitative estimate of drug-likeness (QED) is 0.135. The van der Waals surface area contributed by atoms with Gasteiger partial charge in [0.1, 0.15) is 0 Å². The fourth-order valence-electron chi connectivity index (χ4n) is 4.01. The smallest absolute Gasteiger partial charge is 0.333 e. The number of carbonyl (C=O) groups excluding carboxylic acids is 2. The van der Waals surface area contributed by atoms with Crippen molar-refractivity contribution in [3.05, 3.63) is 114 Å². The Labute approximate surface area is 226 Å². The summed E-state index contributed by atoms with van der Waals surface area (Å²) in [5.41, 5.74) is 8.51. The van der Waals surface area contributed by atoms with Crippen molar-refractivity contribution in [2.24, 2.45) is 0 Å². The number of carbonyl (C=O) groups is 2. The van der Waals surface area contributed by atoms with Gasteiger partial charge < -0.3 is 14.4 Å². The molecule has 0 saturated heterocycles. The second kappa shape index (κ2) is 14.0. The van der Waals surface area contributed by atoms with E-state index in [1.165, 1.54) is 28.3 Å². The molecule has 0 aromatic heterocycles. The molecule has 0 fully saturated rings. The Kier molecular flexibility index (Phi) is 10.5. The van der Waals surface area contributed by atoms with Crippen LogP contribution >= 0.6 is 0 Å². The summed E-state index contributed by atoms with van der Waals surface area (Å²) in [7, 11) is 0. The van der Waals surface area contributed by atoms with E-state index < -0.39 is 0 Å². The molecular weight excluding hydrogens is 474 g/mol. The molecule has 5 nitrogen and oxygen atoms in total. The van der Waals surface area contributed by atoms with Gasteiger partial charge in [0.2, 0.25) is 0 Å². The maximum atomic E-state index is 11.6. The number of rotatable bonds is 13. The van der Waals surface area contributed by atoms with Crippen LogP contribution in [0.25, 0.3) is 0 Å². The zero-order valence-electron chi connectivity index (χ0n) is 22.7. The lowest BCUT2D eigenvalue weighted by atomic mass is 10.1. The predicted octanol–water partition coefficient (Wildman–Crippen LogP) is 7.49. The Morgan fingerprint density at radius 1 is 0.763 bits per heavy atom. The van der Waals surface area contributed by atoms with Gasteiger partial charge in [0.15, 0.2) is 0 Å². The number of anilines is 3. The summed E-state index contributed by atoms with van der Waals surface area (Å²) in [6.07, 6.45) is 4.35. The van der Waals surface area contributed by atoms with Crippen LogP contribution in [0.3, 0.4) is 0 Å². The van der Waals surface area contributed by atoms with Gasteiger partial charge in [0.05, 0.1) is 13.2 Å². The highest BCUT2D eigenvalue weighted by Gasteiger charge is 2.14. The standard InChI is InChI=1S/C33H37NO4/c1-6-32(35)37-21-7-9-27-12-17-29(18-13-27)34(31-16-11-25(4)26(5)23-31)30-19-14-28(15-20-30)10-8-22-38-33(36)24(2)3/h6,11-20,23H,1-2,7-10,21-22H2,3-5H3.